The second kappa shape index (κ2) is 4.67. The zero-order chi connectivity index (χ0) is 13.2. The molecule has 0 aliphatic carbocycles. The summed E-state index contributed by atoms with van der Waals surface area (Å²) in [6, 6.07) is 6.27. The summed E-state index contributed by atoms with van der Waals surface area (Å²) in [5, 5.41) is 3.21. The van der Waals surface area contributed by atoms with Crippen molar-refractivity contribution in [3.8, 4) is 0 Å². The zero-order valence-electron chi connectivity index (χ0n) is 9.24. The van der Waals surface area contributed by atoms with Crippen molar-refractivity contribution >= 4 is 12.2 Å². The highest BCUT2D eigenvalue weighted by atomic mass is 19.4. The molecule has 2 amide bonds. The molecule has 0 atom stereocenters. The minimum atomic E-state index is -4.42. The summed E-state index contributed by atoms with van der Waals surface area (Å²) in [6.45, 7) is -1.33. The van der Waals surface area contributed by atoms with Crippen molar-refractivity contribution in [1.82, 2.24) is 10.2 Å². The molecule has 1 aromatic rings. The minimum Gasteiger partial charge on any atom is -0.329 e. The molecule has 4 nitrogen and oxygen atoms in total. The van der Waals surface area contributed by atoms with E-state index in [1.54, 1.807) is 29.6 Å². The summed E-state index contributed by atoms with van der Waals surface area (Å²) in [7, 11) is 0. The summed E-state index contributed by atoms with van der Waals surface area (Å²) < 4.78 is 35.9. The van der Waals surface area contributed by atoms with Crippen LogP contribution in [0.1, 0.15) is 0 Å². The third kappa shape index (κ3) is 2.99. The molecular weight excluding hydrogens is 247 g/mol. The maximum absolute atomic E-state index is 12.0. The van der Waals surface area contributed by atoms with Gasteiger partial charge in [0, 0.05) is 11.4 Å². The molecular formula is C11H10F3N3O. The predicted molar refractivity (Wildman–Crippen MR) is 57.8 cm³/mol. The van der Waals surface area contributed by atoms with Gasteiger partial charge in [0.05, 0.1) is 5.36 Å². The molecule has 1 heterocycles. The molecule has 0 radical (unpaired) electrons. The minimum absolute atomic E-state index is 0.0146. The first-order chi connectivity index (χ1) is 8.46. The normalized spacial score (nSPS) is 14.3. The number of nitrogens with one attached hydrogen (secondary N) is 1. The lowest BCUT2D eigenvalue weighted by Crippen LogP contribution is -2.45. The van der Waals surface area contributed by atoms with Crippen LogP contribution in [0.4, 0.5) is 18.0 Å². The lowest BCUT2D eigenvalue weighted by Gasteiger charge is -2.19. The number of para-hydroxylation sites is 1. The van der Waals surface area contributed by atoms with E-state index >= 15 is 0 Å². The molecule has 0 fully saturated rings. The number of hydrogen-bond acceptors (Lipinski definition) is 2. The number of rotatable bonds is 1. The molecule has 0 saturated heterocycles. The first-order valence-electron chi connectivity index (χ1n) is 5.18. The van der Waals surface area contributed by atoms with Gasteiger partial charge in [-0.2, -0.15) is 13.2 Å². The number of urea groups is 1. The van der Waals surface area contributed by atoms with Crippen LogP contribution >= 0.6 is 0 Å². The van der Waals surface area contributed by atoms with Gasteiger partial charge in [-0.15, -0.1) is 0 Å². The Morgan fingerprint density at radius 1 is 1.39 bits per heavy atom. The van der Waals surface area contributed by atoms with E-state index in [1.165, 1.54) is 6.20 Å². The van der Waals surface area contributed by atoms with Gasteiger partial charge >= 0.3 is 12.2 Å². The van der Waals surface area contributed by atoms with Crippen LogP contribution in [0.15, 0.2) is 29.3 Å². The van der Waals surface area contributed by atoms with Crippen LogP contribution < -0.4 is 15.9 Å². The molecule has 0 unspecified atom stereocenters. The van der Waals surface area contributed by atoms with E-state index in [1.807, 2.05) is 0 Å². The molecule has 96 valence electrons. The summed E-state index contributed by atoms with van der Waals surface area (Å²) in [5.41, 5.74) is 0. The molecule has 0 spiro atoms. The van der Waals surface area contributed by atoms with E-state index in [-0.39, 0.29) is 6.67 Å². The van der Waals surface area contributed by atoms with E-state index in [9.17, 15) is 18.0 Å². The number of carbonyl (C=O) groups is 1. The largest absolute Gasteiger partial charge is 0.405 e. The highest BCUT2D eigenvalue weighted by Gasteiger charge is 2.28. The fourth-order valence-electron chi connectivity index (χ4n) is 1.50. The van der Waals surface area contributed by atoms with Crippen molar-refractivity contribution in [2.24, 2.45) is 4.99 Å². The summed E-state index contributed by atoms with van der Waals surface area (Å²) in [4.78, 5) is 16.7. The molecule has 0 aromatic heterocycles. The van der Waals surface area contributed by atoms with Gasteiger partial charge < -0.3 is 5.32 Å². The second-order valence-electron chi connectivity index (χ2n) is 3.73. The molecule has 0 saturated carbocycles. The lowest BCUT2D eigenvalue weighted by atomic mass is 10.3. The van der Waals surface area contributed by atoms with Gasteiger partial charge in [-0.05, 0) is 6.07 Å². The molecule has 2 rings (SSSR count). The van der Waals surface area contributed by atoms with Crippen molar-refractivity contribution in [2.45, 2.75) is 6.18 Å². The number of amides is 2. The molecule has 1 N–H and O–H groups in total. The molecule has 1 aliphatic heterocycles. The van der Waals surface area contributed by atoms with E-state index in [0.29, 0.717) is 5.22 Å². The Bertz CT molecular complexity index is 568. The summed E-state index contributed by atoms with van der Waals surface area (Å²) >= 11 is 0. The zero-order valence-corrected chi connectivity index (χ0v) is 9.24. The van der Waals surface area contributed by atoms with Crippen molar-refractivity contribution in [3.05, 3.63) is 34.8 Å². The fraction of sp³-hybridized carbons (Fsp3) is 0.273. The fourth-order valence-corrected chi connectivity index (χ4v) is 1.50. The molecule has 18 heavy (non-hydrogen) atoms. The maximum Gasteiger partial charge on any atom is 0.405 e. The average Bonchev–Trinajstić information content (AvgIpc) is 2.34. The van der Waals surface area contributed by atoms with Crippen LogP contribution in [0, 0.1) is 0 Å². The van der Waals surface area contributed by atoms with Crippen LogP contribution in [0.2, 0.25) is 0 Å². The third-order valence-corrected chi connectivity index (χ3v) is 2.33. The average molecular weight is 257 g/mol. The topological polar surface area (TPSA) is 44.7 Å². The number of halogens is 3. The van der Waals surface area contributed by atoms with Crippen LogP contribution in [0.3, 0.4) is 0 Å². The van der Waals surface area contributed by atoms with Gasteiger partial charge in [0.25, 0.3) is 0 Å². The van der Waals surface area contributed by atoms with E-state index < -0.39 is 18.8 Å². The number of alkyl halides is 3. The Labute approximate surface area is 100 Å². The lowest BCUT2D eigenvalue weighted by molar-refractivity contribution is -0.123. The standard InChI is InChI=1S/C11H10F3N3O/c12-11(13,14)6-15-10(18)17-5-8-3-1-2-4-9(8)16-7-17/h1-5H,6-7H2,(H,15,18). The van der Waals surface area contributed by atoms with E-state index in [2.05, 4.69) is 4.99 Å². The summed E-state index contributed by atoms with van der Waals surface area (Å²) in [6.07, 6.45) is -2.94. The van der Waals surface area contributed by atoms with Gasteiger partial charge in [-0.1, -0.05) is 18.2 Å². The highest BCUT2D eigenvalue weighted by Crippen LogP contribution is 2.12. The number of hydrogen-bond donors (Lipinski definition) is 1. The quantitative estimate of drug-likeness (QED) is 0.786. The Kier molecular flexibility index (Phi) is 3.22. The predicted octanol–water partition coefficient (Wildman–Crippen LogP) is 0.589. The number of fused-ring (bicyclic) bond motifs is 1. The maximum atomic E-state index is 12.0. The number of carbonyl (C=O) groups excluding carboxylic acids is 1. The highest BCUT2D eigenvalue weighted by molar-refractivity contribution is 5.78. The SMILES string of the molecule is O=C(NCC(F)(F)F)N1C=c2ccccc2=NC1. The second-order valence-corrected chi connectivity index (χ2v) is 3.73. The van der Waals surface area contributed by atoms with Crippen LogP contribution in [-0.2, 0) is 0 Å². The Morgan fingerprint density at radius 3 is 2.83 bits per heavy atom. The molecule has 0 bridgehead atoms. The van der Waals surface area contributed by atoms with E-state index in [4.69, 9.17) is 0 Å². The molecule has 1 aliphatic rings. The van der Waals surface area contributed by atoms with Gasteiger partial charge in [-0.3, -0.25) is 9.89 Å². The van der Waals surface area contributed by atoms with Crippen molar-refractivity contribution in [1.29, 1.82) is 0 Å². The van der Waals surface area contributed by atoms with Crippen molar-refractivity contribution in [3.63, 3.8) is 0 Å². The van der Waals surface area contributed by atoms with Crippen molar-refractivity contribution < 1.29 is 18.0 Å². The molecule has 1 aromatic carbocycles. The van der Waals surface area contributed by atoms with Gasteiger partial charge in [0.1, 0.15) is 13.2 Å². The Hall–Kier alpha value is -2.05. The molecule has 7 heteroatoms. The number of benzene rings is 1. The van der Waals surface area contributed by atoms with Crippen molar-refractivity contribution in [2.75, 3.05) is 13.2 Å². The van der Waals surface area contributed by atoms with Gasteiger partial charge in [-0.25, -0.2) is 4.79 Å². The Balaban J connectivity index is 2.09. The van der Waals surface area contributed by atoms with Crippen LogP contribution in [0.25, 0.3) is 6.20 Å². The van der Waals surface area contributed by atoms with Gasteiger partial charge in [0.15, 0.2) is 0 Å². The summed E-state index contributed by atoms with van der Waals surface area (Å²) in [5.74, 6) is 0. The van der Waals surface area contributed by atoms with Gasteiger partial charge in [0.2, 0.25) is 0 Å². The van der Waals surface area contributed by atoms with E-state index in [0.717, 1.165) is 10.3 Å². The monoisotopic (exact) mass is 257 g/mol. The Morgan fingerprint density at radius 2 is 2.11 bits per heavy atom. The third-order valence-electron chi connectivity index (χ3n) is 2.33. The first kappa shape index (κ1) is 12.4. The smallest absolute Gasteiger partial charge is 0.329 e. The first-order valence-corrected chi connectivity index (χ1v) is 5.18. The van der Waals surface area contributed by atoms with Crippen LogP contribution in [0.5, 0.6) is 0 Å². The van der Waals surface area contributed by atoms with Crippen LogP contribution in [-0.4, -0.2) is 30.3 Å². The number of nitrogens with zero attached hydrogens (tertiary/aromatic N) is 2.